The second-order valence-corrected chi connectivity index (χ2v) is 7.09. The van der Waals surface area contributed by atoms with Gasteiger partial charge in [0.15, 0.2) is 0 Å². The molecule has 0 radical (unpaired) electrons. The highest BCUT2D eigenvalue weighted by Gasteiger charge is 2.10. The van der Waals surface area contributed by atoms with E-state index < -0.39 is 9.84 Å². The van der Waals surface area contributed by atoms with E-state index in [1.807, 2.05) is 12.1 Å². The Labute approximate surface area is 126 Å². The molecule has 0 bridgehead atoms. The zero-order chi connectivity index (χ0) is 15.3. The van der Waals surface area contributed by atoms with Crippen LogP contribution in [-0.2, 0) is 16.3 Å². The van der Waals surface area contributed by atoms with Gasteiger partial charge in [-0.25, -0.2) is 18.4 Å². The minimum Gasteiger partial charge on any atom is -0.226 e. The number of unbranched alkanes of at least 4 members (excludes halogenated alkanes) is 2. The molecule has 1 aromatic carbocycles. The molecule has 0 atom stereocenters. The van der Waals surface area contributed by atoms with Crippen LogP contribution in [0.25, 0.3) is 11.1 Å². The third-order valence-corrected chi connectivity index (χ3v) is 4.19. The summed E-state index contributed by atoms with van der Waals surface area (Å²) in [5.41, 5.74) is 3.14. The zero-order valence-corrected chi connectivity index (χ0v) is 13.2. The molecule has 0 saturated heterocycles. The molecule has 4 nitrogen and oxygen atoms in total. The first-order chi connectivity index (χ1) is 10.0. The number of aromatic nitrogens is 2. The van der Waals surface area contributed by atoms with E-state index in [9.17, 15) is 8.42 Å². The fourth-order valence-corrected chi connectivity index (χ4v) is 2.59. The summed E-state index contributed by atoms with van der Waals surface area (Å²) >= 11 is 0. The van der Waals surface area contributed by atoms with Crippen LogP contribution in [-0.4, -0.2) is 24.6 Å². The Hall–Kier alpha value is -1.75. The van der Waals surface area contributed by atoms with Crippen LogP contribution in [0, 0.1) is 0 Å². The molecule has 0 spiro atoms. The molecule has 21 heavy (non-hydrogen) atoms. The molecule has 0 saturated carbocycles. The van der Waals surface area contributed by atoms with Gasteiger partial charge in [0.25, 0.3) is 0 Å². The molecular weight excluding hydrogens is 284 g/mol. The van der Waals surface area contributed by atoms with E-state index in [4.69, 9.17) is 0 Å². The number of benzene rings is 1. The van der Waals surface area contributed by atoms with Crippen molar-refractivity contribution in [2.24, 2.45) is 0 Å². The molecule has 1 heterocycles. The van der Waals surface area contributed by atoms with Gasteiger partial charge in [-0.2, -0.15) is 0 Å². The van der Waals surface area contributed by atoms with Crippen molar-refractivity contribution in [2.45, 2.75) is 37.8 Å². The summed E-state index contributed by atoms with van der Waals surface area (Å²) in [5.74, 6) is 0. The average molecular weight is 304 g/mol. The van der Waals surface area contributed by atoms with Gasteiger partial charge in [-0.3, -0.25) is 0 Å². The smallest absolute Gasteiger partial charge is 0.226 e. The normalized spacial score (nSPS) is 11.5. The Bertz CT molecular complexity index is 677. The van der Waals surface area contributed by atoms with Crippen molar-refractivity contribution in [2.75, 3.05) is 6.26 Å². The predicted octanol–water partition coefficient (Wildman–Crippen LogP) is 3.28. The first kappa shape index (κ1) is 15.6. The summed E-state index contributed by atoms with van der Waals surface area (Å²) in [6.07, 6.45) is 8.99. The Morgan fingerprint density at radius 3 is 2.10 bits per heavy atom. The molecule has 112 valence electrons. The van der Waals surface area contributed by atoms with Gasteiger partial charge in [-0.1, -0.05) is 44.0 Å². The van der Waals surface area contributed by atoms with Gasteiger partial charge in [0, 0.05) is 24.2 Å². The summed E-state index contributed by atoms with van der Waals surface area (Å²) in [7, 11) is -3.34. The Balaban J connectivity index is 2.11. The van der Waals surface area contributed by atoms with Crippen LogP contribution in [0.15, 0.2) is 41.8 Å². The largest absolute Gasteiger partial charge is 0.246 e. The number of nitrogens with zero attached hydrogens (tertiary/aromatic N) is 2. The zero-order valence-electron chi connectivity index (χ0n) is 12.4. The Morgan fingerprint density at radius 1 is 0.952 bits per heavy atom. The van der Waals surface area contributed by atoms with Crippen molar-refractivity contribution in [1.82, 2.24) is 9.97 Å². The van der Waals surface area contributed by atoms with E-state index in [1.165, 1.54) is 24.8 Å². The minimum atomic E-state index is -3.34. The number of hydrogen-bond acceptors (Lipinski definition) is 4. The van der Waals surface area contributed by atoms with E-state index in [2.05, 4.69) is 29.0 Å². The van der Waals surface area contributed by atoms with Crippen LogP contribution in [0.2, 0.25) is 0 Å². The summed E-state index contributed by atoms with van der Waals surface area (Å²) in [4.78, 5) is 7.82. The lowest BCUT2D eigenvalue weighted by Crippen LogP contribution is -2.03. The molecule has 1 aromatic heterocycles. The highest BCUT2D eigenvalue weighted by Crippen LogP contribution is 2.19. The van der Waals surface area contributed by atoms with Crippen LogP contribution in [0.1, 0.15) is 31.7 Å². The molecule has 0 aliphatic heterocycles. The van der Waals surface area contributed by atoms with E-state index in [0.29, 0.717) is 0 Å². The Kier molecular flexibility index (Phi) is 5.07. The lowest BCUT2D eigenvalue weighted by atomic mass is 10.0. The van der Waals surface area contributed by atoms with Gasteiger partial charge < -0.3 is 0 Å². The highest BCUT2D eigenvalue weighted by atomic mass is 32.2. The van der Waals surface area contributed by atoms with Crippen molar-refractivity contribution in [3.8, 4) is 11.1 Å². The lowest BCUT2D eigenvalue weighted by molar-refractivity contribution is 0.593. The maximum Gasteiger partial charge on any atom is 0.246 e. The average Bonchev–Trinajstić information content (AvgIpc) is 2.48. The maximum atomic E-state index is 11.3. The van der Waals surface area contributed by atoms with E-state index in [-0.39, 0.29) is 5.16 Å². The van der Waals surface area contributed by atoms with Crippen molar-refractivity contribution in [1.29, 1.82) is 0 Å². The summed E-state index contributed by atoms with van der Waals surface area (Å²) < 4.78 is 22.7. The number of rotatable bonds is 6. The standard InChI is InChI=1S/C16H20N2O2S/c1-3-4-5-6-13-7-9-14(10-8-13)15-11-17-16(18-12-15)21(2,19)20/h7-12H,3-6H2,1-2H3. The van der Waals surface area contributed by atoms with Crippen LogP contribution < -0.4 is 0 Å². The fourth-order valence-electron chi connectivity index (χ4n) is 2.10. The molecule has 0 N–H and O–H groups in total. The molecule has 0 unspecified atom stereocenters. The van der Waals surface area contributed by atoms with Crippen molar-refractivity contribution in [3.63, 3.8) is 0 Å². The van der Waals surface area contributed by atoms with Crippen LogP contribution in [0.5, 0.6) is 0 Å². The summed E-state index contributed by atoms with van der Waals surface area (Å²) in [6, 6.07) is 8.27. The SMILES string of the molecule is CCCCCc1ccc(-c2cnc(S(C)(=O)=O)nc2)cc1. The van der Waals surface area contributed by atoms with Crippen LogP contribution in [0.4, 0.5) is 0 Å². The van der Waals surface area contributed by atoms with Gasteiger partial charge in [-0.05, 0) is 24.0 Å². The monoisotopic (exact) mass is 304 g/mol. The second-order valence-electron chi connectivity index (χ2n) is 5.18. The third kappa shape index (κ3) is 4.36. The fraction of sp³-hybridized carbons (Fsp3) is 0.375. The van der Waals surface area contributed by atoms with E-state index >= 15 is 0 Å². The van der Waals surface area contributed by atoms with Gasteiger partial charge >= 0.3 is 0 Å². The molecule has 2 aromatic rings. The van der Waals surface area contributed by atoms with Crippen molar-refractivity contribution < 1.29 is 8.42 Å². The number of sulfone groups is 1. The molecule has 0 amide bonds. The van der Waals surface area contributed by atoms with Crippen molar-refractivity contribution in [3.05, 3.63) is 42.2 Å². The van der Waals surface area contributed by atoms with E-state index in [1.54, 1.807) is 12.4 Å². The molecule has 0 aliphatic carbocycles. The summed E-state index contributed by atoms with van der Waals surface area (Å²) in [6.45, 7) is 2.20. The lowest BCUT2D eigenvalue weighted by Gasteiger charge is -2.04. The molecule has 5 heteroatoms. The Morgan fingerprint density at radius 2 is 1.57 bits per heavy atom. The first-order valence-electron chi connectivity index (χ1n) is 7.12. The molecular formula is C16H20N2O2S. The van der Waals surface area contributed by atoms with Crippen molar-refractivity contribution >= 4 is 9.84 Å². The van der Waals surface area contributed by atoms with E-state index in [0.717, 1.165) is 23.8 Å². The third-order valence-electron chi connectivity index (χ3n) is 3.32. The van der Waals surface area contributed by atoms with Gasteiger partial charge in [-0.15, -0.1) is 0 Å². The minimum absolute atomic E-state index is 0.137. The first-order valence-corrected chi connectivity index (χ1v) is 9.01. The topological polar surface area (TPSA) is 59.9 Å². The van der Waals surface area contributed by atoms with Gasteiger partial charge in [0.05, 0.1) is 0 Å². The quantitative estimate of drug-likeness (QED) is 0.607. The van der Waals surface area contributed by atoms with Gasteiger partial charge in [0.2, 0.25) is 15.0 Å². The molecule has 0 fully saturated rings. The maximum absolute atomic E-state index is 11.3. The summed E-state index contributed by atoms with van der Waals surface area (Å²) in [5, 5.41) is -0.137. The number of hydrogen-bond donors (Lipinski definition) is 0. The van der Waals surface area contributed by atoms with Crippen LogP contribution in [0.3, 0.4) is 0 Å². The molecule has 0 aliphatic rings. The second kappa shape index (κ2) is 6.80. The molecule has 2 rings (SSSR count). The van der Waals surface area contributed by atoms with Crippen LogP contribution >= 0.6 is 0 Å². The highest BCUT2D eigenvalue weighted by molar-refractivity contribution is 7.90. The predicted molar refractivity (Wildman–Crippen MR) is 83.8 cm³/mol. The van der Waals surface area contributed by atoms with Gasteiger partial charge in [0.1, 0.15) is 0 Å². The number of aryl methyl sites for hydroxylation is 1.